The lowest BCUT2D eigenvalue weighted by Gasteiger charge is -2.36. The summed E-state index contributed by atoms with van der Waals surface area (Å²) in [5, 5.41) is 12.0. The maximum Gasteiger partial charge on any atom is 0.238 e. The minimum atomic E-state index is -0.0167. The van der Waals surface area contributed by atoms with Crippen LogP contribution in [0.5, 0.6) is 0 Å². The van der Waals surface area contributed by atoms with Crippen molar-refractivity contribution in [3.8, 4) is 6.07 Å². The van der Waals surface area contributed by atoms with Gasteiger partial charge in [0.1, 0.15) is 0 Å². The van der Waals surface area contributed by atoms with E-state index in [0.29, 0.717) is 19.6 Å². The topological polar surface area (TPSA) is 65.4 Å². The summed E-state index contributed by atoms with van der Waals surface area (Å²) in [7, 11) is 0. The lowest BCUT2D eigenvalue weighted by atomic mass is 10.2. The molecule has 24 heavy (non-hydrogen) atoms. The summed E-state index contributed by atoms with van der Waals surface area (Å²) in [6.07, 6.45) is 0.638. The summed E-state index contributed by atoms with van der Waals surface area (Å²) >= 11 is 1.61. The highest BCUT2D eigenvalue weighted by Gasteiger charge is 2.25. The predicted molar refractivity (Wildman–Crippen MR) is 97.1 cm³/mol. The molecule has 0 bridgehead atoms. The number of hydrogen-bond donors (Lipinski definition) is 1. The number of rotatable bonds is 6. The van der Waals surface area contributed by atoms with Gasteiger partial charge in [-0.2, -0.15) is 5.26 Å². The molecule has 3 unspecified atom stereocenters. The second-order valence-corrected chi connectivity index (χ2v) is 7.74. The molecular weight excluding hydrogens is 322 g/mol. The zero-order chi connectivity index (χ0) is 17.5. The van der Waals surface area contributed by atoms with E-state index in [4.69, 9.17) is 10.00 Å². The fraction of sp³-hybridized carbons (Fsp3) is 0.556. The lowest BCUT2D eigenvalue weighted by Crippen LogP contribution is -2.50. The molecule has 0 aliphatic carbocycles. The first-order valence-corrected chi connectivity index (χ1v) is 9.15. The third-order valence-corrected chi connectivity index (χ3v) is 5.13. The van der Waals surface area contributed by atoms with Gasteiger partial charge in [-0.15, -0.1) is 11.8 Å². The predicted octanol–water partition coefficient (Wildman–Crippen LogP) is 3.13. The van der Waals surface area contributed by atoms with E-state index in [1.54, 1.807) is 11.8 Å². The lowest BCUT2D eigenvalue weighted by molar-refractivity contribution is -0.121. The Bertz CT molecular complexity index is 602. The van der Waals surface area contributed by atoms with Crippen LogP contribution in [-0.2, 0) is 9.53 Å². The fourth-order valence-corrected chi connectivity index (χ4v) is 3.62. The summed E-state index contributed by atoms with van der Waals surface area (Å²) in [6, 6.07) is 10.2. The van der Waals surface area contributed by atoms with Crippen LogP contribution < -0.4 is 5.32 Å². The zero-order valence-corrected chi connectivity index (χ0v) is 15.3. The van der Waals surface area contributed by atoms with Crippen molar-refractivity contribution >= 4 is 23.4 Å². The van der Waals surface area contributed by atoms with Gasteiger partial charge in [-0.25, -0.2) is 0 Å². The summed E-state index contributed by atoms with van der Waals surface area (Å²) < 4.78 is 5.60. The third kappa shape index (κ3) is 5.52. The standard InChI is InChI=1S/C18H25N3O2S/c1-13-12-23-14(2)10-21(13)11-18(22)20-16-6-4-5-7-17(16)24-15(3)8-9-19/h4-7,13-15H,8,10-12H2,1-3H3,(H,20,22). The number of nitrogens with zero attached hydrogens (tertiary/aromatic N) is 2. The van der Waals surface area contributed by atoms with Gasteiger partial charge in [0.25, 0.3) is 0 Å². The van der Waals surface area contributed by atoms with Gasteiger partial charge < -0.3 is 10.1 Å². The zero-order valence-electron chi connectivity index (χ0n) is 14.5. The molecule has 0 aromatic heterocycles. The number of amides is 1. The number of thioether (sulfide) groups is 1. The molecule has 0 saturated carbocycles. The molecule has 1 aliphatic rings. The molecule has 6 heteroatoms. The normalized spacial score (nSPS) is 22.6. The van der Waals surface area contributed by atoms with Gasteiger partial charge in [0, 0.05) is 29.2 Å². The molecule has 1 aromatic rings. The number of morpholine rings is 1. The highest BCUT2D eigenvalue weighted by atomic mass is 32.2. The number of para-hydroxylation sites is 1. The molecule has 1 amide bonds. The number of ether oxygens (including phenoxy) is 1. The van der Waals surface area contributed by atoms with Gasteiger partial charge in [0.15, 0.2) is 0 Å². The van der Waals surface area contributed by atoms with Crippen molar-refractivity contribution in [2.45, 2.75) is 49.5 Å². The molecule has 5 nitrogen and oxygen atoms in total. The van der Waals surface area contributed by atoms with Crippen LogP contribution in [0.15, 0.2) is 29.2 Å². The van der Waals surface area contributed by atoms with E-state index in [9.17, 15) is 4.79 Å². The van der Waals surface area contributed by atoms with Crippen LogP contribution in [0, 0.1) is 11.3 Å². The van der Waals surface area contributed by atoms with E-state index in [1.165, 1.54) is 0 Å². The minimum Gasteiger partial charge on any atom is -0.376 e. The van der Waals surface area contributed by atoms with E-state index in [2.05, 4.69) is 23.2 Å². The van der Waals surface area contributed by atoms with E-state index >= 15 is 0 Å². The van der Waals surface area contributed by atoms with E-state index in [1.807, 2.05) is 38.1 Å². The number of anilines is 1. The van der Waals surface area contributed by atoms with Gasteiger partial charge >= 0.3 is 0 Å². The SMILES string of the molecule is CC1CN(CC(=O)Nc2ccccc2SC(C)CC#N)C(C)CO1. The number of carbonyl (C=O) groups is 1. The van der Waals surface area contributed by atoms with E-state index in [0.717, 1.165) is 17.1 Å². The molecule has 0 spiro atoms. The number of nitriles is 1. The molecule has 130 valence electrons. The van der Waals surface area contributed by atoms with Crippen LogP contribution in [0.2, 0.25) is 0 Å². The third-order valence-electron chi connectivity index (χ3n) is 3.95. The molecule has 1 heterocycles. The molecule has 1 aliphatic heterocycles. The highest BCUT2D eigenvalue weighted by molar-refractivity contribution is 8.00. The van der Waals surface area contributed by atoms with Crippen LogP contribution in [0.4, 0.5) is 5.69 Å². The number of carbonyl (C=O) groups excluding carboxylic acids is 1. The minimum absolute atomic E-state index is 0.0167. The summed E-state index contributed by atoms with van der Waals surface area (Å²) in [6.45, 7) is 7.91. The molecule has 1 fully saturated rings. The number of hydrogen-bond acceptors (Lipinski definition) is 5. The van der Waals surface area contributed by atoms with Gasteiger partial charge in [0.2, 0.25) is 5.91 Å². The molecule has 1 aromatic carbocycles. The maximum atomic E-state index is 12.4. The van der Waals surface area contributed by atoms with E-state index in [-0.39, 0.29) is 23.3 Å². The second-order valence-electron chi connectivity index (χ2n) is 6.26. The number of benzene rings is 1. The molecule has 3 atom stereocenters. The van der Waals surface area contributed by atoms with Crippen molar-refractivity contribution in [1.82, 2.24) is 4.90 Å². The van der Waals surface area contributed by atoms with Crippen LogP contribution in [0.25, 0.3) is 0 Å². The van der Waals surface area contributed by atoms with Crippen LogP contribution in [0.3, 0.4) is 0 Å². The average Bonchev–Trinajstić information content (AvgIpc) is 2.53. The monoisotopic (exact) mass is 347 g/mol. The van der Waals surface area contributed by atoms with Crippen molar-refractivity contribution in [2.24, 2.45) is 0 Å². The Morgan fingerprint density at radius 3 is 3.00 bits per heavy atom. The first kappa shape index (κ1) is 18.8. The summed E-state index contributed by atoms with van der Waals surface area (Å²) in [5.41, 5.74) is 0.811. The first-order chi connectivity index (χ1) is 11.5. The van der Waals surface area contributed by atoms with Crippen LogP contribution in [0.1, 0.15) is 27.2 Å². The molecular formula is C18H25N3O2S. The average molecular weight is 347 g/mol. The van der Waals surface area contributed by atoms with Crippen molar-refractivity contribution < 1.29 is 9.53 Å². The quantitative estimate of drug-likeness (QED) is 0.801. The Balaban J connectivity index is 1.97. The van der Waals surface area contributed by atoms with Crippen molar-refractivity contribution in [3.05, 3.63) is 24.3 Å². The van der Waals surface area contributed by atoms with Gasteiger partial charge in [-0.05, 0) is 26.0 Å². The van der Waals surface area contributed by atoms with Crippen LogP contribution in [-0.4, -0.2) is 47.9 Å². The molecule has 0 radical (unpaired) electrons. The molecule has 1 N–H and O–H groups in total. The Hall–Kier alpha value is -1.55. The second kappa shape index (κ2) is 9.07. The van der Waals surface area contributed by atoms with Gasteiger partial charge in [0.05, 0.1) is 31.0 Å². The largest absolute Gasteiger partial charge is 0.376 e. The Labute approximate surface area is 148 Å². The van der Waals surface area contributed by atoms with Crippen molar-refractivity contribution in [2.75, 3.05) is 25.0 Å². The maximum absolute atomic E-state index is 12.4. The van der Waals surface area contributed by atoms with E-state index < -0.39 is 0 Å². The first-order valence-electron chi connectivity index (χ1n) is 8.27. The van der Waals surface area contributed by atoms with Crippen molar-refractivity contribution in [1.29, 1.82) is 5.26 Å². The summed E-state index contributed by atoms with van der Waals surface area (Å²) in [5.74, 6) is -0.0167. The van der Waals surface area contributed by atoms with Crippen molar-refractivity contribution in [3.63, 3.8) is 0 Å². The Morgan fingerprint density at radius 1 is 1.50 bits per heavy atom. The smallest absolute Gasteiger partial charge is 0.238 e. The molecule has 2 rings (SSSR count). The Morgan fingerprint density at radius 2 is 2.25 bits per heavy atom. The van der Waals surface area contributed by atoms with Gasteiger partial charge in [-0.3, -0.25) is 9.69 Å². The van der Waals surface area contributed by atoms with Crippen LogP contribution >= 0.6 is 11.8 Å². The fourth-order valence-electron chi connectivity index (χ4n) is 2.63. The Kier molecular flexibility index (Phi) is 7.10. The summed E-state index contributed by atoms with van der Waals surface area (Å²) in [4.78, 5) is 15.6. The van der Waals surface area contributed by atoms with Gasteiger partial charge in [-0.1, -0.05) is 19.1 Å². The highest BCUT2D eigenvalue weighted by Crippen LogP contribution is 2.31. The number of nitrogens with one attached hydrogen (secondary N) is 1. The molecule has 1 saturated heterocycles.